The first-order chi connectivity index (χ1) is 8.75. The smallest absolute Gasteiger partial charge is 0.0436 e. The van der Waals surface area contributed by atoms with Crippen LogP contribution < -0.4 is 10.6 Å². The van der Waals surface area contributed by atoms with Gasteiger partial charge in [0.1, 0.15) is 0 Å². The van der Waals surface area contributed by atoms with Crippen molar-refractivity contribution in [2.75, 3.05) is 4.90 Å². The molecule has 0 spiro atoms. The van der Waals surface area contributed by atoms with Gasteiger partial charge in [0.25, 0.3) is 0 Å². The van der Waals surface area contributed by atoms with E-state index in [1.165, 1.54) is 22.4 Å². The summed E-state index contributed by atoms with van der Waals surface area (Å²) in [7, 11) is 0. The van der Waals surface area contributed by atoms with Gasteiger partial charge < -0.3 is 10.6 Å². The van der Waals surface area contributed by atoms with Crippen LogP contribution in [0.25, 0.3) is 0 Å². The summed E-state index contributed by atoms with van der Waals surface area (Å²) in [5.74, 6) is 0. The van der Waals surface area contributed by atoms with Crippen LogP contribution in [0.2, 0.25) is 0 Å². The molecule has 2 aromatic rings. The normalized spacial score (nSPS) is 15.6. The molecule has 92 valence electrons. The summed E-state index contributed by atoms with van der Waals surface area (Å²) in [5, 5.41) is 0. The lowest BCUT2D eigenvalue weighted by molar-refractivity contribution is 0.791. The van der Waals surface area contributed by atoms with Crippen molar-refractivity contribution in [2.24, 2.45) is 5.73 Å². The molecule has 0 radical (unpaired) electrons. The Bertz CT molecular complexity index is 536. The predicted octanol–water partition coefficient (Wildman–Crippen LogP) is 3.23. The highest BCUT2D eigenvalue weighted by molar-refractivity contribution is 5.58. The van der Waals surface area contributed by atoms with Gasteiger partial charge in [0.2, 0.25) is 0 Å². The van der Waals surface area contributed by atoms with Gasteiger partial charge in [0.05, 0.1) is 0 Å². The summed E-state index contributed by atoms with van der Waals surface area (Å²) >= 11 is 0. The number of hydrogen-bond donors (Lipinski definition) is 1. The fourth-order valence-corrected chi connectivity index (χ4v) is 2.66. The molecule has 3 rings (SSSR count). The summed E-state index contributed by atoms with van der Waals surface area (Å²) in [4.78, 5) is 2.41. The highest BCUT2D eigenvalue weighted by atomic mass is 15.1. The van der Waals surface area contributed by atoms with E-state index < -0.39 is 0 Å². The number of rotatable bonds is 2. The average molecular weight is 238 g/mol. The summed E-state index contributed by atoms with van der Waals surface area (Å²) < 4.78 is 0. The third kappa shape index (κ3) is 1.89. The molecule has 0 bridgehead atoms. The molecule has 0 aromatic heterocycles. The van der Waals surface area contributed by atoms with Crippen molar-refractivity contribution in [3.8, 4) is 0 Å². The lowest BCUT2D eigenvalue weighted by Gasteiger charge is -2.23. The van der Waals surface area contributed by atoms with Crippen LogP contribution in [0, 0.1) is 0 Å². The minimum absolute atomic E-state index is 0.0740. The maximum atomic E-state index is 6.06. The number of benzene rings is 2. The minimum Gasteiger partial charge on any atom is -0.363 e. The molecule has 1 heterocycles. The van der Waals surface area contributed by atoms with Crippen molar-refractivity contribution in [3.63, 3.8) is 0 Å². The zero-order chi connectivity index (χ0) is 12.5. The summed E-state index contributed by atoms with van der Waals surface area (Å²) in [6.07, 6.45) is 0. The molecule has 18 heavy (non-hydrogen) atoms. The molecule has 1 aliphatic rings. The highest BCUT2D eigenvalue weighted by Crippen LogP contribution is 2.32. The Morgan fingerprint density at radius 1 is 0.944 bits per heavy atom. The van der Waals surface area contributed by atoms with E-state index in [-0.39, 0.29) is 6.04 Å². The van der Waals surface area contributed by atoms with E-state index in [9.17, 15) is 0 Å². The van der Waals surface area contributed by atoms with Crippen molar-refractivity contribution in [2.45, 2.75) is 26.1 Å². The number of fused-ring (bicyclic) bond motifs is 1. The van der Waals surface area contributed by atoms with Gasteiger partial charge in [-0.25, -0.2) is 0 Å². The van der Waals surface area contributed by atoms with Gasteiger partial charge in [-0.3, -0.25) is 0 Å². The Labute approximate surface area is 108 Å². The van der Waals surface area contributed by atoms with E-state index >= 15 is 0 Å². The van der Waals surface area contributed by atoms with E-state index in [4.69, 9.17) is 5.73 Å². The van der Waals surface area contributed by atoms with E-state index in [0.717, 1.165) is 13.1 Å². The number of nitrogens with two attached hydrogens (primary N) is 1. The van der Waals surface area contributed by atoms with Crippen LogP contribution in [-0.4, -0.2) is 0 Å². The molecule has 2 aromatic carbocycles. The first kappa shape index (κ1) is 11.3. The molecule has 0 aliphatic carbocycles. The van der Waals surface area contributed by atoms with Gasteiger partial charge in [-0.2, -0.15) is 0 Å². The van der Waals surface area contributed by atoms with Crippen LogP contribution >= 0.6 is 0 Å². The quantitative estimate of drug-likeness (QED) is 0.870. The zero-order valence-corrected chi connectivity index (χ0v) is 10.6. The second kappa shape index (κ2) is 4.46. The molecule has 1 unspecified atom stereocenters. The maximum absolute atomic E-state index is 6.06. The molecular formula is C16H18N2. The first-order valence-corrected chi connectivity index (χ1v) is 6.42. The van der Waals surface area contributed by atoms with E-state index in [2.05, 4.69) is 53.4 Å². The van der Waals surface area contributed by atoms with Crippen LogP contribution in [0.15, 0.2) is 48.5 Å². The molecule has 1 atom stereocenters. The average Bonchev–Trinajstić information content (AvgIpc) is 2.82. The fraction of sp³-hybridized carbons (Fsp3) is 0.250. The topological polar surface area (TPSA) is 29.3 Å². The Balaban J connectivity index is 1.95. The van der Waals surface area contributed by atoms with Crippen LogP contribution in [0.5, 0.6) is 0 Å². The minimum atomic E-state index is 0.0740. The van der Waals surface area contributed by atoms with Crippen molar-refractivity contribution in [3.05, 3.63) is 65.2 Å². The Morgan fingerprint density at radius 3 is 2.11 bits per heavy atom. The zero-order valence-electron chi connectivity index (χ0n) is 10.6. The Hall–Kier alpha value is -1.80. The van der Waals surface area contributed by atoms with Gasteiger partial charge in [-0.1, -0.05) is 42.5 Å². The van der Waals surface area contributed by atoms with Crippen LogP contribution in [0.3, 0.4) is 0 Å². The van der Waals surface area contributed by atoms with Crippen molar-refractivity contribution in [1.29, 1.82) is 0 Å². The fourth-order valence-electron chi connectivity index (χ4n) is 2.66. The Morgan fingerprint density at radius 2 is 1.50 bits per heavy atom. The SMILES string of the molecule is CC(N)c1ccccc1N1Cc2ccccc2C1. The van der Waals surface area contributed by atoms with Crippen molar-refractivity contribution in [1.82, 2.24) is 0 Å². The second-order valence-corrected chi connectivity index (χ2v) is 4.97. The molecule has 1 aliphatic heterocycles. The molecule has 0 saturated heterocycles. The third-order valence-electron chi connectivity index (χ3n) is 3.61. The summed E-state index contributed by atoms with van der Waals surface area (Å²) in [5.41, 5.74) is 11.4. The third-order valence-corrected chi connectivity index (χ3v) is 3.61. The lowest BCUT2D eigenvalue weighted by atomic mass is 10.1. The largest absolute Gasteiger partial charge is 0.363 e. The molecule has 2 nitrogen and oxygen atoms in total. The summed E-state index contributed by atoms with van der Waals surface area (Å²) in [6, 6.07) is 17.2. The van der Waals surface area contributed by atoms with Crippen LogP contribution in [-0.2, 0) is 13.1 Å². The second-order valence-electron chi connectivity index (χ2n) is 4.97. The van der Waals surface area contributed by atoms with Crippen molar-refractivity contribution < 1.29 is 0 Å². The first-order valence-electron chi connectivity index (χ1n) is 6.42. The van der Waals surface area contributed by atoms with Crippen LogP contribution in [0.4, 0.5) is 5.69 Å². The van der Waals surface area contributed by atoms with Gasteiger partial charge in [-0.15, -0.1) is 0 Å². The van der Waals surface area contributed by atoms with Gasteiger partial charge >= 0.3 is 0 Å². The van der Waals surface area contributed by atoms with Crippen LogP contribution in [0.1, 0.15) is 29.7 Å². The molecule has 0 saturated carbocycles. The van der Waals surface area contributed by atoms with E-state index in [0.29, 0.717) is 0 Å². The maximum Gasteiger partial charge on any atom is 0.0436 e. The molecule has 2 heteroatoms. The number of nitrogens with zero attached hydrogens (tertiary/aromatic N) is 1. The van der Waals surface area contributed by atoms with E-state index in [1.807, 2.05) is 6.92 Å². The lowest BCUT2D eigenvalue weighted by Crippen LogP contribution is -2.18. The van der Waals surface area contributed by atoms with Gasteiger partial charge in [-0.05, 0) is 29.7 Å². The monoisotopic (exact) mass is 238 g/mol. The predicted molar refractivity (Wildman–Crippen MR) is 75.4 cm³/mol. The van der Waals surface area contributed by atoms with Gasteiger partial charge in [0.15, 0.2) is 0 Å². The van der Waals surface area contributed by atoms with Crippen molar-refractivity contribution >= 4 is 5.69 Å². The summed E-state index contributed by atoms with van der Waals surface area (Å²) in [6.45, 7) is 4.02. The number of para-hydroxylation sites is 1. The Kier molecular flexibility index (Phi) is 2.80. The molecule has 0 fully saturated rings. The number of anilines is 1. The molecular weight excluding hydrogens is 220 g/mol. The number of hydrogen-bond acceptors (Lipinski definition) is 2. The highest BCUT2D eigenvalue weighted by Gasteiger charge is 2.21. The molecule has 0 amide bonds. The van der Waals surface area contributed by atoms with E-state index in [1.54, 1.807) is 0 Å². The molecule has 2 N–H and O–H groups in total. The van der Waals surface area contributed by atoms with Gasteiger partial charge in [0, 0.05) is 24.8 Å². The standard InChI is InChI=1S/C16H18N2/c1-12(17)15-8-4-5-9-16(15)18-10-13-6-2-3-7-14(13)11-18/h2-9,12H,10-11,17H2,1H3.